The van der Waals surface area contributed by atoms with E-state index >= 15 is 0 Å². The summed E-state index contributed by atoms with van der Waals surface area (Å²) in [5.41, 5.74) is 3.38. The maximum absolute atomic E-state index is 14.9. The van der Waals surface area contributed by atoms with Crippen LogP contribution in [0.15, 0.2) is 66.7 Å². The van der Waals surface area contributed by atoms with Gasteiger partial charge in [-0.05, 0) is 67.1 Å². The van der Waals surface area contributed by atoms with Crippen molar-refractivity contribution < 1.29 is 62.3 Å². The zero-order valence-electron chi connectivity index (χ0n) is 38.2. The highest BCUT2D eigenvalue weighted by Crippen LogP contribution is 2.40. The minimum atomic E-state index is -1.13. The minimum Gasteiger partial charge on any atom is -0.507 e. The molecule has 4 aliphatic rings. The highest BCUT2D eigenvalue weighted by molar-refractivity contribution is 6.23. The number of nitrogens with one attached hydrogen (secondary N) is 3. The van der Waals surface area contributed by atoms with Gasteiger partial charge in [-0.15, -0.1) is 0 Å². The van der Waals surface area contributed by atoms with Crippen molar-refractivity contribution in [1.29, 1.82) is 0 Å². The molecule has 4 heterocycles. The molecule has 4 aliphatic heterocycles. The maximum atomic E-state index is 14.9. The van der Waals surface area contributed by atoms with E-state index in [2.05, 4.69) is 16.0 Å². The van der Waals surface area contributed by atoms with Gasteiger partial charge in [0.25, 0.3) is 23.6 Å². The zero-order chi connectivity index (χ0) is 48.6. The van der Waals surface area contributed by atoms with Crippen molar-refractivity contribution in [3.63, 3.8) is 0 Å². The molecule has 0 spiro atoms. The summed E-state index contributed by atoms with van der Waals surface area (Å²) < 4.78 is 38.2. The van der Waals surface area contributed by atoms with Crippen LogP contribution in [0, 0.1) is 12.7 Å². The van der Waals surface area contributed by atoms with Crippen molar-refractivity contribution in [2.75, 3.05) is 71.1 Å². The zero-order valence-corrected chi connectivity index (χ0v) is 38.2. The molecule has 364 valence electrons. The Labute approximate surface area is 397 Å². The molecule has 1 atom stereocenters. The lowest BCUT2D eigenvalue weighted by Gasteiger charge is -2.32. The lowest BCUT2D eigenvalue weighted by atomic mass is 10.0. The highest BCUT2D eigenvalue weighted by Gasteiger charge is 2.45. The van der Waals surface area contributed by atoms with Gasteiger partial charge in [-0.3, -0.25) is 39.0 Å². The molecule has 69 heavy (non-hydrogen) atoms. The molecule has 1 unspecified atom stereocenters. The van der Waals surface area contributed by atoms with Gasteiger partial charge >= 0.3 is 0 Å². The second-order valence-corrected chi connectivity index (χ2v) is 17.3. The number of hydrogen-bond donors (Lipinski definition) is 5. The monoisotopic (exact) mass is 950 g/mol. The van der Waals surface area contributed by atoms with Crippen molar-refractivity contribution in [3.8, 4) is 17.2 Å². The van der Waals surface area contributed by atoms with E-state index < -0.39 is 41.4 Å². The van der Waals surface area contributed by atoms with Crippen LogP contribution in [0.1, 0.15) is 89.4 Å². The molecule has 8 rings (SSSR count). The number of phenols is 2. The van der Waals surface area contributed by atoms with Crippen LogP contribution in [-0.2, 0) is 43.5 Å². The van der Waals surface area contributed by atoms with E-state index in [4.69, 9.17) is 18.9 Å². The van der Waals surface area contributed by atoms with Gasteiger partial charge in [0, 0.05) is 69.4 Å². The molecular weight excluding hydrogens is 896 g/mol. The fraction of sp³-hybridized carbons (Fsp3) is 0.400. The van der Waals surface area contributed by atoms with Gasteiger partial charge in [0.1, 0.15) is 41.3 Å². The molecule has 18 nitrogen and oxygen atoms in total. The second kappa shape index (κ2) is 22.0. The van der Waals surface area contributed by atoms with E-state index in [1.54, 1.807) is 17.9 Å². The van der Waals surface area contributed by atoms with E-state index in [0.29, 0.717) is 89.7 Å². The van der Waals surface area contributed by atoms with Gasteiger partial charge < -0.3 is 49.6 Å². The maximum Gasteiger partial charge on any atom is 0.262 e. The first-order chi connectivity index (χ1) is 33.4. The van der Waals surface area contributed by atoms with Gasteiger partial charge in [-0.2, -0.15) is 0 Å². The summed E-state index contributed by atoms with van der Waals surface area (Å²) in [6.07, 6.45) is 1.37. The normalized spacial score (nSPS) is 17.0. The third-order valence-corrected chi connectivity index (χ3v) is 12.6. The van der Waals surface area contributed by atoms with Gasteiger partial charge in [0.2, 0.25) is 11.8 Å². The quantitative estimate of drug-likeness (QED) is 0.0623. The van der Waals surface area contributed by atoms with Crippen molar-refractivity contribution >= 4 is 41.1 Å². The number of benzene rings is 4. The number of imide groups is 2. The predicted octanol–water partition coefficient (Wildman–Crippen LogP) is 4.04. The number of carbonyl (C=O) groups excluding carboxylic acids is 6. The number of likely N-dealkylation sites (tertiary alicyclic amines) is 1. The molecule has 4 aromatic carbocycles. The van der Waals surface area contributed by atoms with Gasteiger partial charge in [0.05, 0.1) is 56.0 Å². The first-order valence-electron chi connectivity index (χ1n) is 23.1. The minimum absolute atomic E-state index is 0.00296. The Balaban J connectivity index is 0.677. The number of piperidine rings is 2. The topological polar surface area (TPSA) is 226 Å². The SMILES string of the molecule is Cc1c(O)cc(O)c(C(=O)N2Cc3ccc(C(=O)N4CCC(OCCOCCOCCNCCNc5cc6c(cc5F)C(=O)N(C5CCC(=O)NC5=O)C6=O)CC4)cc3C2)c1OCc1ccccc1. The first kappa shape index (κ1) is 48.5. The molecule has 0 aromatic heterocycles. The summed E-state index contributed by atoms with van der Waals surface area (Å²) in [4.78, 5) is 81.4. The number of phenolic OH excluding ortho intramolecular Hbond substituents is 2. The molecule has 6 amide bonds. The Kier molecular flexibility index (Phi) is 15.5. The van der Waals surface area contributed by atoms with Crippen molar-refractivity contribution in [2.24, 2.45) is 0 Å². The van der Waals surface area contributed by atoms with Gasteiger partial charge in [-0.25, -0.2) is 4.39 Å². The summed E-state index contributed by atoms with van der Waals surface area (Å²) in [6, 6.07) is 17.2. The fourth-order valence-corrected chi connectivity index (χ4v) is 8.86. The molecule has 0 aliphatic carbocycles. The number of amides is 6. The van der Waals surface area contributed by atoms with Crippen LogP contribution in [0.4, 0.5) is 10.1 Å². The number of carbonyl (C=O) groups is 6. The number of aromatic hydroxyl groups is 2. The summed E-state index contributed by atoms with van der Waals surface area (Å²) in [7, 11) is 0. The average Bonchev–Trinajstić information content (AvgIpc) is 3.88. The van der Waals surface area contributed by atoms with Crippen LogP contribution < -0.4 is 20.7 Å². The van der Waals surface area contributed by atoms with Crippen LogP contribution in [0.2, 0.25) is 0 Å². The number of ether oxygens (including phenoxy) is 4. The van der Waals surface area contributed by atoms with E-state index in [1.165, 1.54) is 6.07 Å². The number of rotatable bonds is 20. The van der Waals surface area contributed by atoms with Crippen molar-refractivity contribution in [1.82, 2.24) is 25.3 Å². The first-order valence-corrected chi connectivity index (χ1v) is 23.1. The molecule has 5 N–H and O–H groups in total. The molecule has 2 saturated heterocycles. The molecular formula is C50H55FN6O12. The largest absolute Gasteiger partial charge is 0.507 e. The summed E-state index contributed by atoms with van der Waals surface area (Å²) in [6.45, 7) is 6.66. The Morgan fingerprint density at radius 1 is 0.768 bits per heavy atom. The lowest BCUT2D eigenvalue weighted by Crippen LogP contribution is -2.54. The Morgan fingerprint density at radius 3 is 2.23 bits per heavy atom. The molecule has 19 heteroatoms. The van der Waals surface area contributed by atoms with Crippen LogP contribution in [0.5, 0.6) is 17.2 Å². The average molecular weight is 951 g/mol. The van der Waals surface area contributed by atoms with Crippen LogP contribution >= 0.6 is 0 Å². The molecule has 2 fully saturated rings. The second-order valence-electron chi connectivity index (χ2n) is 17.3. The Morgan fingerprint density at radius 2 is 1.48 bits per heavy atom. The molecule has 0 saturated carbocycles. The standard InChI is InChI=1S/C50H55FN6O12/c1-30-41(58)26-42(59)44(45(30)69-29-31-5-3-2-4-6-31)50(65)56-27-33-8-7-32(23-34(33)28-56)47(62)55-16-11-35(12-17-55)68-22-21-67-20-19-66-18-15-52-13-14-53-39-25-37-36(24-38(39)51)48(63)57(49(37)64)40-9-10-43(60)54-46(40)61/h2-8,23-26,35,40,52-53,58-59H,9-22,27-29H2,1H3,(H,54,60,61). The van der Waals surface area contributed by atoms with E-state index in [-0.39, 0.29) is 84.2 Å². The molecule has 0 bridgehead atoms. The van der Waals surface area contributed by atoms with Gasteiger partial charge in [0.15, 0.2) is 0 Å². The number of anilines is 1. The number of fused-ring (bicyclic) bond motifs is 2. The predicted molar refractivity (Wildman–Crippen MR) is 246 cm³/mol. The number of nitrogens with zero attached hydrogens (tertiary/aromatic N) is 3. The smallest absolute Gasteiger partial charge is 0.262 e. The van der Waals surface area contributed by atoms with E-state index in [9.17, 15) is 43.4 Å². The third-order valence-electron chi connectivity index (χ3n) is 12.6. The fourth-order valence-electron chi connectivity index (χ4n) is 8.86. The van der Waals surface area contributed by atoms with Crippen LogP contribution in [0.25, 0.3) is 0 Å². The van der Waals surface area contributed by atoms with E-state index in [1.807, 2.05) is 47.4 Å². The third kappa shape index (κ3) is 11.2. The van der Waals surface area contributed by atoms with Gasteiger partial charge in [-0.1, -0.05) is 36.4 Å². The Hall–Kier alpha value is -6.93. The number of halogens is 1. The van der Waals surface area contributed by atoms with Crippen LogP contribution in [0.3, 0.4) is 0 Å². The highest BCUT2D eigenvalue weighted by atomic mass is 19.1. The Bertz CT molecular complexity index is 2600. The van der Waals surface area contributed by atoms with Crippen molar-refractivity contribution in [2.45, 2.75) is 64.4 Å². The lowest BCUT2D eigenvalue weighted by molar-refractivity contribution is -0.136. The summed E-state index contributed by atoms with van der Waals surface area (Å²) >= 11 is 0. The summed E-state index contributed by atoms with van der Waals surface area (Å²) in [5.74, 6) is -4.37. The summed E-state index contributed by atoms with van der Waals surface area (Å²) in [5, 5.41) is 29.5. The number of hydrogen-bond acceptors (Lipinski definition) is 14. The van der Waals surface area contributed by atoms with Crippen LogP contribution in [-0.4, -0.2) is 138 Å². The van der Waals surface area contributed by atoms with Crippen molar-refractivity contribution in [3.05, 3.63) is 117 Å². The van der Waals surface area contributed by atoms with E-state index in [0.717, 1.165) is 33.7 Å². The molecule has 0 radical (unpaired) electrons. The molecule has 4 aromatic rings.